The second-order valence-corrected chi connectivity index (χ2v) is 9.37. The Morgan fingerprint density at radius 2 is 1.90 bits per heavy atom. The Labute approximate surface area is 183 Å². The lowest BCUT2D eigenvalue weighted by atomic mass is 10.1. The highest BCUT2D eigenvalue weighted by Gasteiger charge is 2.15. The molecule has 3 rings (SSSR count). The molecule has 0 unspecified atom stereocenters. The molecular formula is C19H24ClN5O2S2. The highest BCUT2D eigenvalue weighted by molar-refractivity contribution is 8.01. The second kappa shape index (κ2) is 11.5. The van der Waals surface area contributed by atoms with E-state index < -0.39 is 0 Å². The van der Waals surface area contributed by atoms with Gasteiger partial charge in [0.15, 0.2) is 4.34 Å². The van der Waals surface area contributed by atoms with Crippen LogP contribution in [-0.4, -0.2) is 58.8 Å². The van der Waals surface area contributed by atoms with E-state index in [1.54, 1.807) is 24.3 Å². The summed E-state index contributed by atoms with van der Waals surface area (Å²) in [7, 11) is 0. The lowest BCUT2D eigenvalue weighted by Crippen LogP contribution is -2.33. The van der Waals surface area contributed by atoms with E-state index in [-0.39, 0.29) is 22.6 Å². The van der Waals surface area contributed by atoms with Crippen LogP contribution in [0.2, 0.25) is 5.02 Å². The fourth-order valence-electron chi connectivity index (χ4n) is 2.97. The van der Waals surface area contributed by atoms with Gasteiger partial charge in [-0.05, 0) is 63.2 Å². The topological polar surface area (TPSA) is 87.2 Å². The zero-order valence-electron chi connectivity index (χ0n) is 16.0. The first-order valence-corrected chi connectivity index (χ1v) is 11.8. The van der Waals surface area contributed by atoms with Crippen molar-refractivity contribution >= 4 is 52.2 Å². The van der Waals surface area contributed by atoms with Crippen LogP contribution in [0.25, 0.3) is 0 Å². The fourth-order valence-corrected chi connectivity index (χ4v) is 4.67. The summed E-state index contributed by atoms with van der Waals surface area (Å²) in [5.74, 6) is -0.105. The molecule has 2 heterocycles. The minimum Gasteiger partial charge on any atom is -0.355 e. The maximum atomic E-state index is 12.2. The minimum atomic E-state index is -0.334. The van der Waals surface area contributed by atoms with Crippen LogP contribution in [0.5, 0.6) is 0 Å². The molecule has 0 radical (unpaired) electrons. The standard InChI is InChI=1S/C19H24ClN5O2S2/c20-14-5-7-15(8-6-14)22-17(27)18-23-24-19(29-18)28-13-16(26)21-9-4-12-25-10-2-1-3-11-25/h5-8H,1-4,9-13H2,(H,21,26)(H,22,27). The van der Waals surface area contributed by atoms with Crippen molar-refractivity contribution in [1.82, 2.24) is 20.4 Å². The molecule has 0 spiro atoms. The van der Waals surface area contributed by atoms with Crippen LogP contribution < -0.4 is 10.6 Å². The Hall–Kier alpha value is -1.68. The van der Waals surface area contributed by atoms with Gasteiger partial charge in [-0.1, -0.05) is 41.1 Å². The van der Waals surface area contributed by atoms with Crippen LogP contribution in [0.1, 0.15) is 35.5 Å². The lowest BCUT2D eigenvalue weighted by Gasteiger charge is -2.26. The summed E-state index contributed by atoms with van der Waals surface area (Å²) >= 11 is 8.29. The third kappa shape index (κ3) is 7.58. The molecule has 1 aromatic heterocycles. The van der Waals surface area contributed by atoms with Gasteiger partial charge in [-0.15, -0.1) is 10.2 Å². The number of hydrogen-bond acceptors (Lipinski definition) is 7. The third-order valence-electron chi connectivity index (χ3n) is 4.45. The maximum Gasteiger partial charge on any atom is 0.286 e. The minimum absolute atomic E-state index is 0.0315. The summed E-state index contributed by atoms with van der Waals surface area (Å²) in [6, 6.07) is 6.83. The van der Waals surface area contributed by atoms with Crippen molar-refractivity contribution in [2.75, 3.05) is 37.2 Å². The molecule has 2 amide bonds. The van der Waals surface area contributed by atoms with Gasteiger partial charge in [0.25, 0.3) is 5.91 Å². The predicted molar refractivity (Wildman–Crippen MR) is 118 cm³/mol. The SMILES string of the molecule is O=C(CSc1nnc(C(=O)Nc2ccc(Cl)cc2)s1)NCCCN1CCCCC1. The normalized spacial score (nSPS) is 14.5. The van der Waals surface area contributed by atoms with Crippen molar-refractivity contribution < 1.29 is 9.59 Å². The number of nitrogens with zero attached hydrogens (tertiary/aromatic N) is 3. The van der Waals surface area contributed by atoms with Crippen LogP contribution in [0.3, 0.4) is 0 Å². The number of halogens is 1. The Bertz CT molecular complexity index is 809. The zero-order valence-corrected chi connectivity index (χ0v) is 18.4. The Morgan fingerprint density at radius 3 is 2.66 bits per heavy atom. The molecule has 2 N–H and O–H groups in total. The van der Waals surface area contributed by atoms with Crippen LogP contribution in [-0.2, 0) is 4.79 Å². The Morgan fingerprint density at radius 1 is 1.14 bits per heavy atom. The number of carbonyl (C=O) groups excluding carboxylic acids is 2. The van der Waals surface area contributed by atoms with Gasteiger partial charge < -0.3 is 15.5 Å². The monoisotopic (exact) mass is 453 g/mol. The van der Waals surface area contributed by atoms with Crippen LogP contribution in [0.4, 0.5) is 5.69 Å². The van der Waals surface area contributed by atoms with Gasteiger partial charge in [0, 0.05) is 17.3 Å². The number of hydrogen-bond donors (Lipinski definition) is 2. The molecule has 10 heteroatoms. The van der Waals surface area contributed by atoms with Gasteiger partial charge in [0.05, 0.1) is 5.75 Å². The first-order chi connectivity index (χ1) is 14.1. The molecule has 0 atom stereocenters. The van der Waals surface area contributed by atoms with Gasteiger partial charge in [-0.3, -0.25) is 9.59 Å². The summed E-state index contributed by atoms with van der Waals surface area (Å²) in [6.07, 6.45) is 4.86. The summed E-state index contributed by atoms with van der Waals surface area (Å²) in [5, 5.41) is 14.4. The van der Waals surface area contributed by atoms with Crippen LogP contribution in [0, 0.1) is 0 Å². The predicted octanol–water partition coefficient (Wildman–Crippen LogP) is 3.53. The molecule has 0 saturated carbocycles. The summed E-state index contributed by atoms with van der Waals surface area (Å²) in [6.45, 7) is 4.07. The van der Waals surface area contributed by atoms with Gasteiger partial charge >= 0.3 is 0 Å². The average molecular weight is 454 g/mol. The van der Waals surface area contributed by atoms with E-state index >= 15 is 0 Å². The molecule has 1 fully saturated rings. The molecule has 1 saturated heterocycles. The smallest absolute Gasteiger partial charge is 0.286 e. The number of carbonyl (C=O) groups is 2. The highest BCUT2D eigenvalue weighted by Crippen LogP contribution is 2.23. The molecule has 2 aromatic rings. The second-order valence-electron chi connectivity index (χ2n) is 6.73. The number of rotatable bonds is 9. The lowest BCUT2D eigenvalue weighted by molar-refractivity contribution is -0.118. The van der Waals surface area contributed by atoms with E-state index in [0.717, 1.165) is 13.0 Å². The molecular weight excluding hydrogens is 430 g/mol. The molecule has 29 heavy (non-hydrogen) atoms. The molecule has 7 nitrogen and oxygen atoms in total. The van der Waals surface area contributed by atoms with Crippen molar-refractivity contribution in [1.29, 1.82) is 0 Å². The maximum absolute atomic E-state index is 12.2. The summed E-state index contributed by atoms with van der Waals surface area (Å²) in [5.41, 5.74) is 0.632. The summed E-state index contributed by atoms with van der Waals surface area (Å²) in [4.78, 5) is 26.7. The largest absolute Gasteiger partial charge is 0.355 e. The van der Waals surface area contributed by atoms with E-state index in [1.165, 1.54) is 55.5 Å². The van der Waals surface area contributed by atoms with Gasteiger partial charge in [-0.2, -0.15) is 0 Å². The number of thioether (sulfide) groups is 1. The van der Waals surface area contributed by atoms with Crippen molar-refractivity contribution in [2.45, 2.75) is 30.0 Å². The van der Waals surface area contributed by atoms with Crippen molar-refractivity contribution in [3.8, 4) is 0 Å². The third-order valence-corrected chi connectivity index (χ3v) is 6.76. The molecule has 1 aliphatic heterocycles. The van der Waals surface area contributed by atoms with E-state index in [2.05, 4.69) is 25.7 Å². The van der Waals surface area contributed by atoms with Crippen LogP contribution >= 0.6 is 34.7 Å². The zero-order chi connectivity index (χ0) is 20.5. The molecule has 1 aliphatic rings. The van der Waals surface area contributed by atoms with Gasteiger partial charge in [-0.25, -0.2) is 0 Å². The Balaban J connectivity index is 1.34. The van der Waals surface area contributed by atoms with E-state index in [1.807, 2.05) is 0 Å². The molecule has 156 valence electrons. The number of amides is 2. The Kier molecular flexibility index (Phi) is 8.72. The van der Waals surface area contributed by atoms with Gasteiger partial charge in [0.1, 0.15) is 0 Å². The first kappa shape index (κ1) is 22.0. The van der Waals surface area contributed by atoms with E-state index in [4.69, 9.17) is 11.6 Å². The average Bonchev–Trinajstić information content (AvgIpc) is 3.21. The number of aromatic nitrogens is 2. The summed E-state index contributed by atoms with van der Waals surface area (Å²) < 4.78 is 0.592. The first-order valence-electron chi connectivity index (χ1n) is 9.62. The van der Waals surface area contributed by atoms with Crippen molar-refractivity contribution in [3.05, 3.63) is 34.3 Å². The number of anilines is 1. The van der Waals surface area contributed by atoms with E-state index in [9.17, 15) is 9.59 Å². The molecule has 0 bridgehead atoms. The van der Waals surface area contributed by atoms with Crippen molar-refractivity contribution in [3.63, 3.8) is 0 Å². The fraction of sp³-hybridized carbons (Fsp3) is 0.474. The van der Waals surface area contributed by atoms with Crippen molar-refractivity contribution in [2.24, 2.45) is 0 Å². The van der Waals surface area contributed by atoms with Crippen LogP contribution in [0.15, 0.2) is 28.6 Å². The number of likely N-dealkylation sites (tertiary alicyclic amines) is 1. The number of nitrogens with one attached hydrogen (secondary N) is 2. The van der Waals surface area contributed by atoms with E-state index in [0.29, 0.717) is 21.6 Å². The number of benzene rings is 1. The molecule has 0 aliphatic carbocycles. The highest BCUT2D eigenvalue weighted by atomic mass is 35.5. The van der Waals surface area contributed by atoms with Gasteiger partial charge in [0.2, 0.25) is 10.9 Å². The molecule has 1 aromatic carbocycles. The quantitative estimate of drug-likeness (QED) is 0.446. The number of piperidine rings is 1.